The maximum atomic E-state index is 10.3. The Bertz CT molecular complexity index is 804. The molecule has 0 aromatic heterocycles. The average molecular weight is 402 g/mol. The Morgan fingerprint density at radius 2 is 1.44 bits per heavy atom. The van der Waals surface area contributed by atoms with E-state index in [1.165, 1.54) is 0 Å². The van der Waals surface area contributed by atoms with Crippen LogP contribution in [0.1, 0.15) is 17.2 Å². The van der Waals surface area contributed by atoms with Crippen LogP contribution >= 0.6 is 23.2 Å². The summed E-state index contributed by atoms with van der Waals surface area (Å²) in [5.74, 6) is 0.503. The van der Waals surface area contributed by atoms with Crippen molar-refractivity contribution in [2.45, 2.75) is 12.1 Å². The number of aliphatic hydroxyl groups is 1. The molecule has 3 aromatic rings. The molecule has 27 heavy (non-hydrogen) atoms. The van der Waals surface area contributed by atoms with Crippen molar-refractivity contribution in [2.75, 3.05) is 13.2 Å². The van der Waals surface area contributed by atoms with Gasteiger partial charge in [0.15, 0.2) is 0 Å². The van der Waals surface area contributed by atoms with Crippen LogP contribution in [0.25, 0.3) is 0 Å². The van der Waals surface area contributed by atoms with Gasteiger partial charge in [0, 0.05) is 11.6 Å². The van der Waals surface area contributed by atoms with Gasteiger partial charge in [-0.25, -0.2) is 0 Å². The van der Waals surface area contributed by atoms with Gasteiger partial charge in [0.25, 0.3) is 0 Å². The molecule has 0 heterocycles. The number of aliphatic hydroxyl groups excluding tert-OH is 1. The second kappa shape index (κ2) is 9.77. The molecule has 0 spiro atoms. The summed E-state index contributed by atoms with van der Waals surface area (Å²) in [6.07, 6.45) is -0.688. The molecule has 5 heteroatoms. The first-order valence-corrected chi connectivity index (χ1v) is 9.48. The third-order valence-electron chi connectivity index (χ3n) is 4.15. The summed E-state index contributed by atoms with van der Waals surface area (Å²) in [5.41, 5.74) is 2.27. The first-order chi connectivity index (χ1) is 13.1. The van der Waals surface area contributed by atoms with Crippen LogP contribution in [0.4, 0.5) is 0 Å². The molecule has 0 aliphatic heterocycles. The van der Waals surface area contributed by atoms with Gasteiger partial charge in [-0.1, -0.05) is 83.9 Å². The fourth-order valence-electron chi connectivity index (χ4n) is 2.81. The molecule has 3 nitrogen and oxygen atoms in total. The van der Waals surface area contributed by atoms with E-state index in [1.807, 2.05) is 36.4 Å². The van der Waals surface area contributed by atoms with Crippen molar-refractivity contribution in [3.05, 3.63) is 100 Å². The van der Waals surface area contributed by atoms with Crippen LogP contribution in [0.5, 0.6) is 5.75 Å². The van der Waals surface area contributed by atoms with E-state index in [2.05, 4.69) is 29.6 Å². The lowest BCUT2D eigenvalue weighted by Crippen LogP contribution is -2.34. The summed E-state index contributed by atoms with van der Waals surface area (Å²) in [4.78, 5) is 0. The molecule has 3 rings (SSSR count). The minimum absolute atomic E-state index is 0.0128. The van der Waals surface area contributed by atoms with Crippen LogP contribution in [0, 0.1) is 0 Å². The van der Waals surface area contributed by atoms with E-state index in [-0.39, 0.29) is 12.6 Å². The lowest BCUT2D eigenvalue weighted by molar-refractivity contribution is 0.105. The van der Waals surface area contributed by atoms with Crippen LogP contribution in [0.3, 0.4) is 0 Å². The van der Waals surface area contributed by atoms with Crippen molar-refractivity contribution in [1.82, 2.24) is 5.32 Å². The third kappa shape index (κ3) is 5.72. The van der Waals surface area contributed by atoms with Gasteiger partial charge in [0.05, 0.1) is 11.1 Å². The Morgan fingerprint density at radius 3 is 2.00 bits per heavy atom. The Kier molecular flexibility index (Phi) is 7.13. The predicted molar refractivity (Wildman–Crippen MR) is 111 cm³/mol. The molecular weight excluding hydrogens is 381 g/mol. The van der Waals surface area contributed by atoms with Gasteiger partial charge in [-0.2, -0.15) is 0 Å². The van der Waals surface area contributed by atoms with Crippen LogP contribution in [-0.2, 0) is 0 Å². The molecular formula is C22H21Cl2NO2. The number of ether oxygens (including phenoxy) is 1. The zero-order valence-corrected chi connectivity index (χ0v) is 16.2. The van der Waals surface area contributed by atoms with Crippen molar-refractivity contribution < 1.29 is 9.84 Å². The smallest absolute Gasteiger partial charge is 0.138 e. The second-order valence-corrected chi connectivity index (χ2v) is 7.05. The minimum Gasteiger partial charge on any atom is -0.489 e. The van der Waals surface area contributed by atoms with Crippen LogP contribution in [-0.4, -0.2) is 24.4 Å². The number of hydrogen-bond acceptors (Lipinski definition) is 3. The highest BCUT2D eigenvalue weighted by Gasteiger charge is 2.15. The molecule has 0 fully saturated rings. The molecule has 3 aromatic carbocycles. The summed E-state index contributed by atoms with van der Waals surface area (Å²) >= 11 is 12.0. The SMILES string of the molecule is OC(CNC(c1ccccc1)c1ccccc1)COc1ccc(Cl)cc1Cl. The summed E-state index contributed by atoms with van der Waals surface area (Å²) in [6.45, 7) is 0.504. The Labute approximate surface area is 169 Å². The first kappa shape index (κ1) is 19.7. The molecule has 0 bridgehead atoms. The topological polar surface area (TPSA) is 41.5 Å². The number of hydrogen-bond donors (Lipinski definition) is 2. The van der Waals surface area contributed by atoms with Crippen molar-refractivity contribution in [2.24, 2.45) is 0 Å². The molecule has 2 N–H and O–H groups in total. The molecule has 1 unspecified atom stereocenters. The lowest BCUT2D eigenvalue weighted by atomic mass is 9.98. The molecule has 0 aliphatic rings. The average Bonchev–Trinajstić information content (AvgIpc) is 2.69. The van der Waals surface area contributed by atoms with Crippen molar-refractivity contribution in [3.63, 3.8) is 0 Å². The summed E-state index contributed by atoms with van der Waals surface area (Å²) in [7, 11) is 0. The fraction of sp³-hybridized carbons (Fsp3) is 0.182. The second-order valence-electron chi connectivity index (χ2n) is 6.20. The molecule has 0 radical (unpaired) electrons. The third-order valence-corrected chi connectivity index (χ3v) is 4.68. The van der Waals surface area contributed by atoms with E-state index >= 15 is 0 Å². The van der Waals surface area contributed by atoms with E-state index in [4.69, 9.17) is 27.9 Å². The lowest BCUT2D eigenvalue weighted by Gasteiger charge is -2.22. The predicted octanol–water partition coefficient (Wildman–Crippen LogP) is 5.11. The van der Waals surface area contributed by atoms with E-state index in [0.717, 1.165) is 11.1 Å². The van der Waals surface area contributed by atoms with Crippen LogP contribution < -0.4 is 10.1 Å². The van der Waals surface area contributed by atoms with Crippen molar-refractivity contribution >= 4 is 23.2 Å². The highest BCUT2D eigenvalue weighted by atomic mass is 35.5. The Morgan fingerprint density at radius 1 is 0.852 bits per heavy atom. The zero-order chi connectivity index (χ0) is 19.1. The van der Waals surface area contributed by atoms with E-state index < -0.39 is 6.10 Å². The summed E-state index contributed by atoms with van der Waals surface area (Å²) in [5, 5.41) is 14.7. The van der Waals surface area contributed by atoms with Crippen molar-refractivity contribution in [3.8, 4) is 5.75 Å². The normalized spacial score (nSPS) is 12.1. The van der Waals surface area contributed by atoms with E-state index in [1.54, 1.807) is 18.2 Å². The van der Waals surface area contributed by atoms with Gasteiger partial charge in [0.1, 0.15) is 18.5 Å². The van der Waals surface area contributed by atoms with Gasteiger partial charge in [-0.3, -0.25) is 0 Å². The highest BCUT2D eigenvalue weighted by Crippen LogP contribution is 2.27. The minimum atomic E-state index is -0.688. The number of rotatable bonds is 8. The summed E-state index contributed by atoms with van der Waals surface area (Å²) in [6, 6.07) is 25.3. The molecule has 0 saturated heterocycles. The maximum Gasteiger partial charge on any atom is 0.138 e. The van der Waals surface area contributed by atoms with Gasteiger partial charge >= 0.3 is 0 Å². The Balaban J connectivity index is 1.61. The van der Waals surface area contributed by atoms with Crippen molar-refractivity contribution in [1.29, 1.82) is 0 Å². The number of nitrogens with one attached hydrogen (secondary N) is 1. The number of halogens is 2. The first-order valence-electron chi connectivity index (χ1n) is 8.72. The highest BCUT2D eigenvalue weighted by molar-refractivity contribution is 6.35. The van der Waals surface area contributed by atoms with Crippen LogP contribution in [0.15, 0.2) is 78.9 Å². The standard InChI is InChI=1S/C22H21Cl2NO2/c23-18-11-12-21(20(24)13-18)27-15-19(26)14-25-22(16-7-3-1-4-8-16)17-9-5-2-6-10-17/h1-13,19,22,25-26H,14-15H2. The van der Waals surface area contributed by atoms with Gasteiger partial charge in [-0.05, 0) is 29.3 Å². The zero-order valence-electron chi connectivity index (χ0n) is 14.7. The van der Waals surface area contributed by atoms with Gasteiger partial charge in [-0.15, -0.1) is 0 Å². The van der Waals surface area contributed by atoms with Gasteiger partial charge < -0.3 is 15.2 Å². The largest absolute Gasteiger partial charge is 0.489 e. The fourth-order valence-corrected chi connectivity index (χ4v) is 3.27. The Hall–Kier alpha value is -2.04. The molecule has 1 atom stereocenters. The number of benzene rings is 3. The maximum absolute atomic E-state index is 10.3. The quantitative estimate of drug-likeness (QED) is 0.550. The molecule has 0 aliphatic carbocycles. The van der Waals surface area contributed by atoms with E-state index in [9.17, 15) is 5.11 Å². The molecule has 0 amide bonds. The monoisotopic (exact) mass is 401 g/mol. The molecule has 0 saturated carbocycles. The van der Waals surface area contributed by atoms with E-state index in [0.29, 0.717) is 22.3 Å². The van der Waals surface area contributed by atoms with Gasteiger partial charge in [0.2, 0.25) is 0 Å². The van der Waals surface area contributed by atoms with Crippen LogP contribution in [0.2, 0.25) is 10.0 Å². The molecule has 140 valence electrons. The summed E-state index contributed by atoms with van der Waals surface area (Å²) < 4.78 is 5.62.